The first-order chi connectivity index (χ1) is 8.25. The Morgan fingerprint density at radius 2 is 2.29 bits per heavy atom. The van der Waals surface area contributed by atoms with Crippen LogP contribution in [0.2, 0.25) is 0 Å². The fourth-order valence-corrected chi connectivity index (χ4v) is 1.95. The van der Waals surface area contributed by atoms with Crippen molar-refractivity contribution in [1.82, 2.24) is 0 Å². The Kier molecular flexibility index (Phi) is 4.17. The molecule has 1 N–H and O–H groups in total. The molecule has 0 amide bonds. The molecule has 5 nitrogen and oxygen atoms in total. The maximum absolute atomic E-state index is 11.6. The molecule has 1 aromatic rings. The third-order valence-corrected chi connectivity index (χ3v) is 2.81. The molecule has 94 valence electrons. The lowest BCUT2D eigenvalue weighted by Gasteiger charge is -2.25. The number of quaternary nitrogens is 1. The van der Waals surface area contributed by atoms with Crippen LogP contribution in [0.15, 0.2) is 22.8 Å². The predicted octanol–water partition coefficient (Wildman–Crippen LogP) is -0.260. The average molecular weight is 240 g/mol. The zero-order valence-electron chi connectivity index (χ0n) is 9.98. The maximum atomic E-state index is 11.6. The molecule has 2 rings (SSSR count). The first-order valence-corrected chi connectivity index (χ1v) is 5.91. The number of rotatable bonds is 4. The van der Waals surface area contributed by atoms with E-state index in [0.29, 0.717) is 0 Å². The van der Waals surface area contributed by atoms with E-state index in [1.807, 2.05) is 6.92 Å². The van der Waals surface area contributed by atoms with Gasteiger partial charge in [0.2, 0.25) is 5.76 Å². The highest BCUT2D eigenvalue weighted by atomic mass is 16.6. The van der Waals surface area contributed by atoms with Gasteiger partial charge in [-0.3, -0.25) is 0 Å². The third kappa shape index (κ3) is 3.57. The Morgan fingerprint density at radius 3 is 2.94 bits per heavy atom. The van der Waals surface area contributed by atoms with Crippen LogP contribution in [0.1, 0.15) is 17.5 Å². The molecule has 1 aromatic heterocycles. The van der Waals surface area contributed by atoms with E-state index in [2.05, 4.69) is 0 Å². The van der Waals surface area contributed by atoms with Gasteiger partial charge in [-0.2, -0.15) is 0 Å². The highest BCUT2D eigenvalue weighted by Gasteiger charge is 2.21. The van der Waals surface area contributed by atoms with Crippen molar-refractivity contribution in [3.8, 4) is 0 Å². The molecule has 1 fully saturated rings. The van der Waals surface area contributed by atoms with Gasteiger partial charge < -0.3 is 18.8 Å². The topological polar surface area (TPSA) is 53.1 Å². The number of morpholine rings is 1. The predicted molar refractivity (Wildman–Crippen MR) is 60.0 cm³/mol. The van der Waals surface area contributed by atoms with E-state index in [4.69, 9.17) is 13.9 Å². The SMILES string of the molecule is C[C@H](C[NH+]1CCOCC1)OC(=O)c1ccco1. The molecule has 1 atom stereocenters. The fourth-order valence-electron chi connectivity index (χ4n) is 1.95. The molecule has 2 heterocycles. The van der Waals surface area contributed by atoms with Crippen LogP contribution in [0.5, 0.6) is 0 Å². The molecule has 0 aromatic carbocycles. The monoisotopic (exact) mass is 240 g/mol. The Balaban J connectivity index is 1.76. The van der Waals surface area contributed by atoms with Crippen molar-refractivity contribution in [2.24, 2.45) is 0 Å². The van der Waals surface area contributed by atoms with Crippen LogP contribution < -0.4 is 4.90 Å². The van der Waals surface area contributed by atoms with Crippen molar-refractivity contribution in [3.05, 3.63) is 24.2 Å². The molecule has 1 aliphatic rings. The average Bonchev–Trinajstić information content (AvgIpc) is 2.83. The van der Waals surface area contributed by atoms with Gasteiger partial charge in [-0.25, -0.2) is 4.79 Å². The molecule has 5 heteroatoms. The summed E-state index contributed by atoms with van der Waals surface area (Å²) in [6, 6.07) is 3.28. The van der Waals surface area contributed by atoms with Crippen molar-refractivity contribution in [3.63, 3.8) is 0 Å². The standard InChI is InChI=1S/C12H17NO4/c1-10(9-13-4-7-15-8-5-13)17-12(14)11-3-2-6-16-11/h2-3,6,10H,4-5,7-9H2,1H3/p+1/t10-/m1/s1. The van der Waals surface area contributed by atoms with Gasteiger partial charge in [0.1, 0.15) is 25.7 Å². The second kappa shape index (κ2) is 5.84. The lowest BCUT2D eigenvalue weighted by molar-refractivity contribution is -0.910. The van der Waals surface area contributed by atoms with E-state index in [-0.39, 0.29) is 11.9 Å². The van der Waals surface area contributed by atoms with Crippen LogP contribution in [0, 0.1) is 0 Å². The number of carbonyl (C=O) groups is 1. The number of hydrogen-bond donors (Lipinski definition) is 1. The van der Waals surface area contributed by atoms with Crippen LogP contribution in [0.3, 0.4) is 0 Å². The van der Waals surface area contributed by atoms with E-state index >= 15 is 0 Å². The maximum Gasteiger partial charge on any atom is 0.374 e. The van der Waals surface area contributed by atoms with Crippen molar-refractivity contribution in [1.29, 1.82) is 0 Å². The van der Waals surface area contributed by atoms with Crippen molar-refractivity contribution in [2.75, 3.05) is 32.8 Å². The highest BCUT2D eigenvalue weighted by molar-refractivity contribution is 5.86. The van der Waals surface area contributed by atoms with E-state index < -0.39 is 5.97 Å². The molecule has 17 heavy (non-hydrogen) atoms. The summed E-state index contributed by atoms with van der Waals surface area (Å²) in [6.45, 7) is 6.24. The largest absolute Gasteiger partial charge is 0.457 e. The van der Waals surface area contributed by atoms with E-state index in [1.165, 1.54) is 11.2 Å². The summed E-state index contributed by atoms with van der Waals surface area (Å²) in [5.74, 6) is -0.135. The van der Waals surface area contributed by atoms with Gasteiger partial charge in [-0.05, 0) is 19.1 Å². The van der Waals surface area contributed by atoms with Gasteiger partial charge in [-0.1, -0.05) is 0 Å². The molecular formula is C12H18NO4+. The van der Waals surface area contributed by atoms with Crippen molar-refractivity contribution in [2.45, 2.75) is 13.0 Å². The van der Waals surface area contributed by atoms with Crippen molar-refractivity contribution >= 4 is 5.97 Å². The van der Waals surface area contributed by atoms with Gasteiger partial charge in [0.15, 0.2) is 0 Å². The highest BCUT2D eigenvalue weighted by Crippen LogP contribution is 2.03. The molecule has 0 saturated carbocycles. The summed E-state index contributed by atoms with van der Waals surface area (Å²) in [6.07, 6.45) is 1.36. The van der Waals surface area contributed by atoms with E-state index in [9.17, 15) is 4.79 Å². The summed E-state index contributed by atoms with van der Waals surface area (Å²) in [5, 5.41) is 0. The smallest absolute Gasteiger partial charge is 0.374 e. The number of carbonyl (C=O) groups excluding carboxylic acids is 1. The zero-order chi connectivity index (χ0) is 12.1. The van der Waals surface area contributed by atoms with Gasteiger partial charge in [0.25, 0.3) is 0 Å². The summed E-state index contributed by atoms with van der Waals surface area (Å²) in [7, 11) is 0. The quantitative estimate of drug-likeness (QED) is 0.737. The van der Waals surface area contributed by atoms with Gasteiger partial charge >= 0.3 is 5.97 Å². The molecule has 0 aliphatic carbocycles. The van der Waals surface area contributed by atoms with E-state index in [1.54, 1.807) is 12.1 Å². The normalized spacial score (nSPS) is 18.9. The number of esters is 1. The first kappa shape index (κ1) is 12.1. The van der Waals surface area contributed by atoms with Crippen LogP contribution in [-0.2, 0) is 9.47 Å². The minimum Gasteiger partial charge on any atom is -0.457 e. The lowest BCUT2D eigenvalue weighted by Crippen LogP contribution is -3.15. The van der Waals surface area contributed by atoms with Crippen LogP contribution in [0.25, 0.3) is 0 Å². The number of hydrogen-bond acceptors (Lipinski definition) is 4. The lowest BCUT2D eigenvalue weighted by atomic mass is 10.3. The number of nitrogens with one attached hydrogen (secondary N) is 1. The summed E-state index contributed by atoms with van der Waals surface area (Å²) >= 11 is 0. The summed E-state index contributed by atoms with van der Waals surface area (Å²) < 4.78 is 15.6. The molecule has 1 aliphatic heterocycles. The molecule has 0 bridgehead atoms. The van der Waals surface area contributed by atoms with Crippen LogP contribution in [-0.4, -0.2) is 44.9 Å². The van der Waals surface area contributed by atoms with Gasteiger partial charge in [0, 0.05) is 0 Å². The van der Waals surface area contributed by atoms with Gasteiger partial charge in [0.05, 0.1) is 19.5 Å². The van der Waals surface area contributed by atoms with Crippen LogP contribution in [0.4, 0.5) is 0 Å². The second-order valence-electron chi connectivity index (χ2n) is 4.26. The summed E-state index contributed by atoms with van der Waals surface area (Å²) in [5.41, 5.74) is 0. The molecule has 0 spiro atoms. The van der Waals surface area contributed by atoms with Crippen molar-refractivity contribution < 1.29 is 23.6 Å². The minimum absolute atomic E-state index is 0.110. The van der Waals surface area contributed by atoms with Gasteiger partial charge in [-0.15, -0.1) is 0 Å². The summed E-state index contributed by atoms with van der Waals surface area (Å²) in [4.78, 5) is 13.0. The Hall–Kier alpha value is -1.33. The van der Waals surface area contributed by atoms with Crippen LogP contribution >= 0.6 is 0 Å². The minimum atomic E-state index is -0.393. The Morgan fingerprint density at radius 1 is 1.53 bits per heavy atom. The third-order valence-electron chi connectivity index (χ3n) is 2.81. The molecule has 1 saturated heterocycles. The fraction of sp³-hybridized carbons (Fsp3) is 0.583. The zero-order valence-corrected chi connectivity index (χ0v) is 9.98. The second-order valence-corrected chi connectivity index (χ2v) is 4.26. The first-order valence-electron chi connectivity index (χ1n) is 5.91. The van der Waals surface area contributed by atoms with E-state index in [0.717, 1.165) is 32.8 Å². The Bertz CT molecular complexity index is 343. The number of ether oxygens (including phenoxy) is 2. The molecular weight excluding hydrogens is 222 g/mol. The Labute approximate surface area is 100 Å². The molecule has 0 unspecified atom stereocenters. The number of furan rings is 1. The molecule has 0 radical (unpaired) electrons.